The van der Waals surface area contributed by atoms with Crippen molar-refractivity contribution in [1.29, 1.82) is 0 Å². The molecule has 2 rings (SSSR count). The lowest BCUT2D eigenvalue weighted by Gasteiger charge is -2.04. The van der Waals surface area contributed by atoms with Gasteiger partial charge in [-0.2, -0.15) is 0 Å². The summed E-state index contributed by atoms with van der Waals surface area (Å²) in [5, 5.41) is 5.32. The van der Waals surface area contributed by atoms with Crippen LogP contribution in [0.2, 0.25) is 0 Å². The number of hydrogen-bond donors (Lipinski definition) is 2. The van der Waals surface area contributed by atoms with E-state index in [9.17, 15) is 4.79 Å². The SMILES string of the molecule is Nc1nc(CCC(=O)NCc2ccccc2)cs1. The number of nitrogens with zero attached hydrogens (tertiary/aromatic N) is 1. The highest BCUT2D eigenvalue weighted by molar-refractivity contribution is 7.13. The summed E-state index contributed by atoms with van der Waals surface area (Å²) >= 11 is 1.40. The van der Waals surface area contributed by atoms with Gasteiger partial charge in [0.05, 0.1) is 5.69 Å². The van der Waals surface area contributed by atoms with Crippen LogP contribution in [0.5, 0.6) is 0 Å². The lowest BCUT2D eigenvalue weighted by molar-refractivity contribution is -0.121. The van der Waals surface area contributed by atoms with Gasteiger partial charge in [0, 0.05) is 18.3 Å². The van der Waals surface area contributed by atoms with Crippen molar-refractivity contribution in [3.8, 4) is 0 Å². The molecule has 0 radical (unpaired) electrons. The fourth-order valence-corrected chi connectivity index (χ4v) is 2.16. The minimum absolute atomic E-state index is 0.0328. The number of hydrogen-bond acceptors (Lipinski definition) is 4. The molecule has 0 saturated heterocycles. The van der Waals surface area contributed by atoms with E-state index in [0.29, 0.717) is 24.5 Å². The minimum atomic E-state index is 0.0328. The largest absolute Gasteiger partial charge is 0.375 e. The highest BCUT2D eigenvalue weighted by Gasteiger charge is 2.04. The predicted molar refractivity (Wildman–Crippen MR) is 73.1 cm³/mol. The summed E-state index contributed by atoms with van der Waals surface area (Å²) < 4.78 is 0. The van der Waals surface area contributed by atoms with Gasteiger partial charge >= 0.3 is 0 Å². The first kappa shape index (κ1) is 12.6. The molecule has 5 heteroatoms. The molecule has 94 valence electrons. The first-order valence-electron chi connectivity index (χ1n) is 5.74. The number of rotatable bonds is 5. The molecule has 0 bridgehead atoms. The van der Waals surface area contributed by atoms with Crippen LogP contribution in [-0.4, -0.2) is 10.9 Å². The van der Waals surface area contributed by atoms with Crippen molar-refractivity contribution < 1.29 is 4.79 Å². The van der Waals surface area contributed by atoms with Gasteiger partial charge in [-0.15, -0.1) is 11.3 Å². The van der Waals surface area contributed by atoms with Crippen LogP contribution in [0.25, 0.3) is 0 Å². The molecule has 0 atom stereocenters. The first-order valence-corrected chi connectivity index (χ1v) is 6.62. The van der Waals surface area contributed by atoms with Gasteiger partial charge in [-0.05, 0) is 12.0 Å². The highest BCUT2D eigenvalue weighted by atomic mass is 32.1. The number of carbonyl (C=O) groups is 1. The second-order valence-electron chi connectivity index (χ2n) is 3.94. The Morgan fingerprint density at radius 2 is 2.11 bits per heavy atom. The number of nitrogens with one attached hydrogen (secondary N) is 1. The summed E-state index contributed by atoms with van der Waals surface area (Å²) in [6.45, 7) is 0.568. The zero-order chi connectivity index (χ0) is 12.8. The van der Waals surface area contributed by atoms with Crippen LogP contribution in [0.4, 0.5) is 5.13 Å². The molecule has 3 N–H and O–H groups in total. The molecule has 2 aromatic rings. The van der Waals surface area contributed by atoms with E-state index in [2.05, 4.69) is 10.3 Å². The molecule has 0 spiro atoms. The molecule has 1 heterocycles. The first-order chi connectivity index (χ1) is 8.74. The number of benzene rings is 1. The number of anilines is 1. The van der Waals surface area contributed by atoms with Crippen LogP contribution in [0.1, 0.15) is 17.7 Å². The lowest BCUT2D eigenvalue weighted by Crippen LogP contribution is -2.22. The quantitative estimate of drug-likeness (QED) is 0.864. The van der Waals surface area contributed by atoms with Crippen LogP contribution in [0.3, 0.4) is 0 Å². The zero-order valence-corrected chi connectivity index (χ0v) is 10.7. The van der Waals surface area contributed by atoms with E-state index in [1.54, 1.807) is 0 Å². The fourth-order valence-electron chi connectivity index (χ4n) is 1.56. The molecule has 0 aliphatic heterocycles. The van der Waals surface area contributed by atoms with E-state index < -0.39 is 0 Å². The van der Waals surface area contributed by atoms with E-state index in [1.807, 2.05) is 35.7 Å². The van der Waals surface area contributed by atoms with E-state index in [4.69, 9.17) is 5.73 Å². The maximum atomic E-state index is 11.6. The van der Waals surface area contributed by atoms with Crippen molar-refractivity contribution in [1.82, 2.24) is 10.3 Å². The summed E-state index contributed by atoms with van der Waals surface area (Å²) in [6.07, 6.45) is 1.07. The number of nitrogens with two attached hydrogens (primary N) is 1. The lowest BCUT2D eigenvalue weighted by atomic mass is 10.2. The monoisotopic (exact) mass is 261 g/mol. The molecule has 0 unspecified atom stereocenters. The third-order valence-corrected chi connectivity index (χ3v) is 3.23. The van der Waals surface area contributed by atoms with Crippen molar-refractivity contribution in [2.75, 3.05) is 5.73 Å². The van der Waals surface area contributed by atoms with Gasteiger partial charge in [0.15, 0.2) is 5.13 Å². The Bertz CT molecular complexity index is 510. The van der Waals surface area contributed by atoms with E-state index in [0.717, 1.165) is 11.3 Å². The Morgan fingerprint density at radius 1 is 1.33 bits per heavy atom. The van der Waals surface area contributed by atoms with Gasteiger partial charge in [-0.3, -0.25) is 4.79 Å². The van der Waals surface area contributed by atoms with Gasteiger partial charge in [-0.25, -0.2) is 4.98 Å². The van der Waals surface area contributed by atoms with Gasteiger partial charge in [0.1, 0.15) is 0 Å². The Kier molecular flexibility index (Phi) is 4.30. The average Bonchev–Trinajstić information content (AvgIpc) is 2.81. The van der Waals surface area contributed by atoms with Gasteiger partial charge in [0.25, 0.3) is 0 Å². The number of aryl methyl sites for hydroxylation is 1. The molecule has 0 aliphatic carbocycles. The standard InChI is InChI=1S/C13H15N3OS/c14-13-16-11(9-18-13)6-7-12(17)15-8-10-4-2-1-3-5-10/h1-5,9H,6-8H2,(H2,14,16)(H,15,17). The molecule has 1 amide bonds. The van der Waals surface area contributed by atoms with E-state index in [-0.39, 0.29) is 5.91 Å². The summed E-state index contributed by atoms with van der Waals surface area (Å²) in [5.74, 6) is 0.0328. The average molecular weight is 261 g/mol. The van der Waals surface area contributed by atoms with Crippen molar-refractivity contribution in [3.63, 3.8) is 0 Å². The Morgan fingerprint density at radius 3 is 2.78 bits per heavy atom. The van der Waals surface area contributed by atoms with E-state index >= 15 is 0 Å². The molecule has 1 aromatic heterocycles. The molecular formula is C13H15N3OS. The number of aromatic nitrogens is 1. The minimum Gasteiger partial charge on any atom is -0.375 e. The van der Waals surface area contributed by atoms with Crippen molar-refractivity contribution in [3.05, 3.63) is 47.0 Å². The van der Waals surface area contributed by atoms with Crippen molar-refractivity contribution in [2.24, 2.45) is 0 Å². The van der Waals surface area contributed by atoms with Crippen LogP contribution >= 0.6 is 11.3 Å². The molecule has 1 aromatic carbocycles. The van der Waals surface area contributed by atoms with Crippen LogP contribution < -0.4 is 11.1 Å². The molecule has 0 aliphatic rings. The second-order valence-corrected chi connectivity index (χ2v) is 4.83. The predicted octanol–water partition coefficient (Wildman–Crippen LogP) is 1.97. The van der Waals surface area contributed by atoms with Crippen molar-refractivity contribution in [2.45, 2.75) is 19.4 Å². The number of carbonyl (C=O) groups excluding carboxylic acids is 1. The zero-order valence-electron chi connectivity index (χ0n) is 9.93. The summed E-state index contributed by atoms with van der Waals surface area (Å²) in [7, 11) is 0. The fraction of sp³-hybridized carbons (Fsp3) is 0.231. The molecule has 18 heavy (non-hydrogen) atoms. The van der Waals surface area contributed by atoms with Gasteiger partial charge in [0.2, 0.25) is 5.91 Å². The van der Waals surface area contributed by atoms with Crippen LogP contribution in [0, 0.1) is 0 Å². The number of amides is 1. The normalized spacial score (nSPS) is 10.2. The van der Waals surface area contributed by atoms with Crippen molar-refractivity contribution >= 4 is 22.4 Å². The maximum absolute atomic E-state index is 11.6. The molecule has 0 fully saturated rings. The maximum Gasteiger partial charge on any atom is 0.220 e. The Hall–Kier alpha value is -1.88. The molecular weight excluding hydrogens is 246 g/mol. The number of nitrogen functional groups attached to an aromatic ring is 1. The topological polar surface area (TPSA) is 68.0 Å². The third-order valence-electron chi connectivity index (χ3n) is 2.51. The molecule has 4 nitrogen and oxygen atoms in total. The third kappa shape index (κ3) is 3.85. The summed E-state index contributed by atoms with van der Waals surface area (Å²) in [5.41, 5.74) is 7.51. The smallest absolute Gasteiger partial charge is 0.220 e. The van der Waals surface area contributed by atoms with Gasteiger partial charge < -0.3 is 11.1 Å². The second kappa shape index (κ2) is 6.16. The number of thiazole rings is 1. The van der Waals surface area contributed by atoms with Crippen LogP contribution in [0.15, 0.2) is 35.7 Å². The van der Waals surface area contributed by atoms with Crippen LogP contribution in [-0.2, 0) is 17.8 Å². The van der Waals surface area contributed by atoms with Gasteiger partial charge in [-0.1, -0.05) is 30.3 Å². The summed E-state index contributed by atoms with van der Waals surface area (Å²) in [4.78, 5) is 15.7. The Balaban J connectivity index is 1.73. The highest BCUT2D eigenvalue weighted by Crippen LogP contribution is 2.12. The molecule has 0 saturated carbocycles. The summed E-state index contributed by atoms with van der Waals surface area (Å²) in [6, 6.07) is 9.85. The van der Waals surface area contributed by atoms with E-state index in [1.165, 1.54) is 11.3 Å². The Labute approximate surface area is 110 Å².